The predicted octanol–water partition coefficient (Wildman–Crippen LogP) is 4.50. The van der Waals surface area contributed by atoms with Gasteiger partial charge in [0.25, 0.3) is 0 Å². The summed E-state index contributed by atoms with van der Waals surface area (Å²) in [7, 11) is 1.24. The Kier molecular flexibility index (Phi) is 4.07. The minimum atomic E-state index is -1.21. The van der Waals surface area contributed by atoms with E-state index in [0.29, 0.717) is 27.6 Å². The number of carbonyl (C=O) groups is 2. The van der Waals surface area contributed by atoms with Crippen molar-refractivity contribution in [3.05, 3.63) is 66.2 Å². The van der Waals surface area contributed by atoms with Crippen LogP contribution in [0.3, 0.4) is 0 Å². The number of aromatic amines is 3. The molecule has 5 rings (SSSR count). The van der Waals surface area contributed by atoms with Crippen molar-refractivity contribution in [2.24, 2.45) is 0 Å². The molecule has 0 amide bonds. The largest absolute Gasteiger partial charge is 0.508 e. The molecule has 154 valence electrons. The fourth-order valence-corrected chi connectivity index (χ4v) is 4.05. The standard InChI is InChI=1S/C23H17N3O5/c1-31-23(30)21-19(15-10-25-17-7-6-11(27)8-13(15)17)18(20(26-21)22(28)29)14-9-24-16-5-3-2-4-12(14)16/h2-10,24-27H,1H3,(H,28,29). The lowest BCUT2D eigenvalue weighted by Crippen LogP contribution is -2.04. The minimum Gasteiger partial charge on any atom is -0.508 e. The van der Waals surface area contributed by atoms with Crippen molar-refractivity contribution >= 4 is 33.7 Å². The molecule has 0 atom stereocenters. The first kappa shape index (κ1) is 18.6. The Balaban J connectivity index is 1.93. The minimum absolute atomic E-state index is 0.0180. The van der Waals surface area contributed by atoms with Crippen molar-refractivity contribution in [3.8, 4) is 28.0 Å². The second-order valence-electron chi connectivity index (χ2n) is 7.10. The summed E-state index contributed by atoms with van der Waals surface area (Å²) in [5, 5.41) is 21.4. The fourth-order valence-electron chi connectivity index (χ4n) is 4.05. The number of ether oxygens (including phenoxy) is 1. The topological polar surface area (TPSA) is 131 Å². The Bertz CT molecular complexity index is 1490. The lowest BCUT2D eigenvalue weighted by Gasteiger charge is -2.07. The normalized spacial score (nSPS) is 11.3. The van der Waals surface area contributed by atoms with E-state index in [1.807, 2.05) is 24.3 Å². The summed E-state index contributed by atoms with van der Waals surface area (Å²) in [6, 6.07) is 12.3. The molecule has 0 aliphatic heterocycles. The van der Waals surface area contributed by atoms with Crippen LogP contribution in [0.4, 0.5) is 0 Å². The molecule has 0 saturated carbocycles. The Labute approximate surface area is 175 Å². The SMILES string of the molecule is COC(=O)c1[nH]c(C(=O)O)c(-c2c[nH]c3ccccc23)c1-c1c[nH]c2ccc(O)cc12. The molecule has 0 aliphatic carbocycles. The number of fused-ring (bicyclic) bond motifs is 2. The Hall–Kier alpha value is -4.46. The number of phenolic OH excluding ortho intramolecular Hbond substituents is 1. The van der Waals surface area contributed by atoms with E-state index < -0.39 is 11.9 Å². The maximum Gasteiger partial charge on any atom is 0.355 e. The number of carboxylic acids is 1. The van der Waals surface area contributed by atoms with Gasteiger partial charge in [0.2, 0.25) is 0 Å². The van der Waals surface area contributed by atoms with Crippen LogP contribution in [0.25, 0.3) is 44.1 Å². The Morgan fingerprint density at radius 3 is 2.23 bits per heavy atom. The van der Waals surface area contributed by atoms with Gasteiger partial charge in [-0.3, -0.25) is 0 Å². The van der Waals surface area contributed by atoms with Gasteiger partial charge in [-0.25, -0.2) is 9.59 Å². The number of hydrogen-bond acceptors (Lipinski definition) is 4. The lowest BCUT2D eigenvalue weighted by atomic mass is 9.94. The van der Waals surface area contributed by atoms with Crippen LogP contribution in [-0.4, -0.2) is 44.2 Å². The summed E-state index contributed by atoms with van der Waals surface area (Å²) in [6.45, 7) is 0. The molecule has 5 N–H and O–H groups in total. The first-order chi connectivity index (χ1) is 15.0. The van der Waals surface area contributed by atoms with Crippen LogP contribution in [0.1, 0.15) is 21.0 Å². The van der Waals surface area contributed by atoms with Crippen LogP contribution in [0, 0.1) is 0 Å². The van der Waals surface area contributed by atoms with Crippen molar-refractivity contribution in [1.82, 2.24) is 15.0 Å². The summed E-state index contributed by atoms with van der Waals surface area (Å²) in [6.07, 6.45) is 3.40. The molecule has 2 aromatic carbocycles. The zero-order valence-corrected chi connectivity index (χ0v) is 16.3. The van der Waals surface area contributed by atoms with Gasteiger partial charge in [-0.2, -0.15) is 0 Å². The van der Waals surface area contributed by atoms with E-state index in [-0.39, 0.29) is 17.1 Å². The number of methoxy groups -OCH3 is 1. The average molecular weight is 415 g/mol. The van der Waals surface area contributed by atoms with Crippen LogP contribution in [-0.2, 0) is 4.74 Å². The van der Waals surface area contributed by atoms with Gasteiger partial charge in [-0.1, -0.05) is 18.2 Å². The number of para-hydroxylation sites is 1. The van der Waals surface area contributed by atoms with Gasteiger partial charge in [0.05, 0.1) is 7.11 Å². The number of aromatic hydroxyl groups is 1. The third kappa shape index (κ3) is 2.77. The highest BCUT2D eigenvalue weighted by atomic mass is 16.5. The molecule has 0 spiro atoms. The smallest absolute Gasteiger partial charge is 0.355 e. The van der Waals surface area contributed by atoms with E-state index in [4.69, 9.17) is 4.74 Å². The van der Waals surface area contributed by atoms with Crippen molar-refractivity contribution in [2.45, 2.75) is 0 Å². The third-order valence-corrected chi connectivity index (χ3v) is 5.40. The van der Waals surface area contributed by atoms with Gasteiger partial charge < -0.3 is 29.9 Å². The van der Waals surface area contributed by atoms with Gasteiger partial charge in [-0.05, 0) is 24.3 Å². The molecule has 0 fully saturated rings. The number of rotatable bonds is 4. The highest BCUT2D eigenvalue weighted by molar-refractivity contribution is 6.15. The van der Waals surface area contributed by atoms with E-state index in [0.717, 1.165) is 16.4 Å². The summed E-state index contributed by atoms with van der Waals surface area (Å²) in [5.41, 5.74) is 3.38. The highest BCUT2D eigenvalue weighted by Crippen LogP contribution is 2.44. The van der Waals surface area contributed by atoms with Gasteiger partial charge in [0.15, 0.2) is 0 Å². The summed E-state index contributed by atoms with van der Waals surface area (Å²) in [4.78, 5) is 33.8. The van der Waals surface area contributed by atoms with Crippen molar-refractivity contribution in [3.63, 3.8) is 0 Å². The molecule has 0 unspecified atom stereocenters. The number of carbonyl (C=O) groups excluding carboxylic acids is 1. The van der Waals surface area contributed by atoms with E-state index >= 15 is 0 Å². The molecule has 3 heterocycles. The van der Waals surface area contributed by atoms with Crippen LogP contribution in [0.5, 0.6) is 5.75 Å². The number of aromatic carboxylic acids is 1. The number of phenols is 1. The molecule has 0 aliphatic rings. The number of H-pyrrole nitrogens is 3. The van der Waals surface area contributed by atoms with Gasteiger partial charge in [-0.15, -0.1) is 0 Å². The zero-order valence-electron chi connectivity index (χ0n) is 16.3. The van der Waals surface area contributed by atoms with Crippen LogP contribution in [0.15, 0.2) is 54.9 Å². The first-order valence-electron chi connectivity index (χ1n) is 9.44. The number of aromatic nitrogens is 3. The molecular weight excluding hydrogens is 398 g/mol. The monoisotopic (exact) mass is 415 g/mol. The number of benzene rings is 2. The number of nitrogens with one attached hydrogen (secondary N) is 3. The number of carboxylic acid groups (broad SMARTS) is 1. The van der Waals surface area contributed by atoms with Gasteiger partial charge in [0, 0.05) is 56.5 Å². The van der Waals surface area contributed by atoms with Gasteiger partial charge in [0.1, 0.15) is 17.1 Å². The van der Waals surface area contributed by atoms with E-state index in [2.05, 4.69) is 15.0 Å². The second-order valence-corrected chi connectivity index (χ2v) is 7.10. The molecular formula is C23H17N3O5. The predicted molar refractivity (Wildman–Crippen MR) is 115 cm³/mol. The molecule has 0 saturated heterocycles. The average Bonchev–Trinajstić information content (AvgIpc) is 3.46. The van der Waals surface area contributed by atoms with Crippen molar-refractivity contribution in [2.75, 3.05) is 7.11 Å². The van der Waals surface area contributed by atoms with Crippen molar-refractivity contribution < 1.29 is 24.5 Å². The molecule has 5 aromatic rings. The second kappa shape index (κ2) is 6.81. The maximum absolute atomic E-state index is 12.6. The zero-order chi connectivity index (χ0) is 21.7. The molecule has 3 aromatic heterocycles. The Morgan fingerprint density at radius 2 is 1.52 bits per heavy atom. The molecule has 0 bridgehead atoms. The lowest BCUT2D eigenvalue weighted by molar-refractivity contribution is 0.0595. The van der Waals surface area contributed by atoms with Crippen molar-refractivity contribution in [1.29, 1.82) is 0 Å². The number of hydrogen-bond donors (Lipinski definition) is 5. The van der Waals surface area contributed by atoms with E-state index in [9.17, 15) is 19.8 Å². The molecule has 8 nitrogen and oxygen atoms in total. The molecule has 8 heteroatoms. The Morgan fingerprint density at radius 1 is 0.871 bits per heavy atom. The van der Waals surface area contributed by atoms with Crippen LogP contribution >= 0.6 is 0 Å². The summed E-state index contributed by atoms with van der Waals surface area (Å²) >= 11 is 0. The fraction of sp³-hybridized carbons (Fsp3) is 0.0435. The van der Waals surface area contributed by atoms with Crippen LogP contribution < -0.4 is 0 Å². The summed E-state index contributed by atoms with van der Waals surface area (Å²) in [5.74, 6) is -1.85. The molecule has 0 radical (unpaired) electrons. The number of esters is 1. The first-order valence-corrected chi connectivity index (χ1v) is 9.44. The summed E-state index contributed by atoms with van der Waals surface area (Å²) < 4.78 is 4.93. The van der Waals surface area contributed by atoms with Crippen LogP contribution in [0.2, 0.25) is 0 Å². The highest BCUT2D eigenvalue weighted by Gasteiger charge is 2.30. The van der Waals surface area contributed by atoms with E-state index in [1.54, 1.807) is 30.6 Å². The maximum atomic E-state index is 12.6. The van der Waals surface area contributed by atoms with Gasteiger partial charge >= 0.3 is 11.9 Å². The van der Waals surface area contributed by atoms with E-state index in [1.165, 1.54) is 7.11 Å². The third-order valence-electron chi connectivity index (χ3n) is 5.40. The quantitative estimate of drug-likeness (QED) is 0.276. The molecule has 31 heavy (non-hydrogen) atoms.